The quantitative estimate of drug-likeness (QED) is 0.727. The summed E-state index contributed by atoms with van der Waals surface area (Å²) in [6, 6.07) is 5.00. The van der Waals surface area contributed by atoms with Crippen LogP contribution in [-0.4, -0.2) is 36.6 Å². The molecule has 0 atom stereocenters. The van der Waals surface area contributed by atoms with Crippen LogP contribution in [0.15, 0.2) is 18.2 Å². The van der Waals surface area contributed by atoms with Gasteiger partial charge in [-0.1, -0.05) is 0 Å². The van der Waals surface area contributed by atoms with Crippen molar-refractivity contribution in [1.29, 1.82) is 0 Å². The Kier molecular flexibility index (Phi) is 4.67. The van der Waals surface area contributed by atoms with Gasteiger partial charge in [-0.25, -0.2) is 4.79 Å². The van der Waals surface area contributed by atoms with Crippen LogP contribution in [0.2, 0.25) is 0 Å². The van der Waals surface area contributed by atoms with E-state index < -0.39 is 5.97 Å². The molecule has 0 bridgehead atoms. The van der Waals surface area contributed by atoms with Crippen molar-refractivity contribution in [1.82, 2.24) is 5.32 Å². The smallest absolute Gasteiger partial charge is 0.337 e. The SMILES string of the molecule is CC(=O)NCC1CCN(c2ccc(N)cc2C(=O)O)CC1. The standard InChI is InChI=1S/C15H21N3O3/c1-10(19)17-9-11-4-6-18(7-5-11)14-3-2-12(16)8-13(14)15(20)21/h2-3,8,11H,4-7,9,16H2,1H3,(H,17,19)(H,20,21). The maximum absolute atomic E-state index is 11.3. The van der Waals surface area contributed by atoms with Crippen LogP contribution >= 0.6 is 0 Å². The van der Waals surface area contributed by atoms with Gasteiger partial charge in [0.2, 0.25) is 5.91 Å². The monoisotopic (exact) mass is 291 g/mol. The first-order valence-corrected chi connectivity index (χ1v) is 7.09. The molecule has 21 heavy (non-hydrogen) atoms. The Bertz CT molecular complexity index is 537. The number of hydrogen-bond donors (Lipinski definition) is 3. The predicted octanol–water partition coefficient (Wildman–Crippen LogP) is 1.32. The van der Waals surface area contributed by atoms with E-state index in [4.69, 9.17) is 5.73 Å². The molecule has 0 radical (unpaired) electrons. The lowest BCUT2D eigenvalue weighted by molar-refractivity contribution is -0.119. The molecule has 1 aliphatic heterocycles. The van der Waals surface area contributed by atoms with Crippen molar-refractivity contribution >= 4 is 23.3 Å². The predicted molar refractivity (Wildman–Crippen MR) is 81.4 cm³/mol. The molecule has 1 fully saturated rings. The number of rotatable bonds is 4. The lowest BCUT2D eigenvalue weighted by Gasteiger charge is -2.34. The van der Waals surface area contributed by atoms with Crippen LogP contribution in [0.3, 0.4) is 0 Å². The Morgan fingerprint density at radius 2 is 2.05 bits per heavy atom. The number of piperidine rings is 1. The Morgan fingerprint density at radius 1 is 1.38 bits per heavy atom. The molecule has 0 spiro atoms. The highest BCUT2D eigenvalue weighted by Gasteiger charge is 2.23. The van der Waals surface area contributed by atoms with E-state index in [0.29, 0.717) is 18.2 Å². The van der Waals surface area contributed by atoms with Crippen molar-refractivity contribution in [2.24, 2.45) is 5.92 Å². The molecule has 1 aromatic rings. The molecule has 1 saturated heterocycles. The van der Waals surface area contributed by atoms with Gasteiger partial charge in [0.15, 0.2) is 0 Å². The lowest BCUT2D eigenvalue weighted by Crippen LogP contribution is -2.38. The minimum Gasteiger partial charge on any atom is -0.478 e. The second kappa shape index (κ2) is 6.47. The number of nitrogen functional groups attached to an aromatic ring is 1. The van der Waals surface area contributed by atoms with Crippen LogP contribution < -0.4 is 16.0 Å². The van der Waals surface area contributed by atoms with Crippen molar-refractivity contribution < 1.29 is 14.7 Å². The Balaban J connectivity index is 2.02. The number of carboxylic acids is 1. The summed E-state index contributed by atoms with van der Waals surface area (Å²) in [6.45, 7) is 3.78. The van der Waals surface area contributed by atoms with Crippen molar-refractivity contribution in [3.05, 3.63) is 23.8 Å². The van der Waals surface area contributed by atoms with E-state index in [0.717, 1.165) is 31.6 Å². The number of hydrogen-bond acceptors (Lipinski definition) is 4. The third-order valence-electron chi connectivity index (χ3n) is 3.85. The first-order valence-electron chi connectivity index (χ1n) is 7.09. The van der Waals surface area contributed by atoms with Crippen LogP contribution in [0.1, 0.15) is 30.1 Å². The molecular formula is C15H21N3O3. The number of carboxylic acid groups (broad SMARTS) is 1. The number of nitrogens with two attached hydrogens (primary N) is 1. The molecule has 1 heterocycles. The lowest BCUT2D eigenvalue weighted by atomic mass is 9.95. The second-order valence-corrected chi connectivity index (χ2v) is 5.45. The van der Waals surface area contributed by atoms with Crippen LogP contribution in [0.25, 0.3) is 0 Å². The number of benzene rings is 1. The second-order valence-electron chi connectivity index (χ2n) is 5.45. The average Bonchev–Trinajstić information content (AvgIpc) is 2.45. The molecule has 6 nitrogen and oxygen atoms in total. The molecule has 114 valence electrons. The van der Waals surface area contributed by atoms with E-state index in [2.05, 4.69) is 10.2 Å². The maximum atomic E-state index is 11.3. The molecule has 1 aliphatic rings. The molecular weight excluding hydrogens is 270 g/mol. The zero-order valence-electron chi connectivity index (χ0n) is 12.1. The van der Waals surface area contributed by atoms with Gasteiger partial charge in [-0.05, 0) is 37.0 Å². The minimum atomic E-state index is -0.960. The van der Waals surface area contributed by atoms with Crippen LogP contribution in [-0.2, 0) is 4.79 Å². The van der Waals surface area contributed by atoms with E-state index in [9.17, 15) is 14.7 Å². The molecule has 1 aromatic carbocycles. The number of aromatic carboxylic acids is 1. The molecule has 0 aromatic heterocycles. The summed E-state index contributed by atoms with van der Waals surface area (Å²) in [5, 5.41) is 12.1. The highest BCUT2D eigenvalue weighted by Crippen LogP contribution is 2.27. The van der Waals surface area contributed by atoms with Crippen molar-refractivity contribution in [2.45, 2.75) is 19.8 Å². The van der Waals surface area contributed by atoms with E-state index in [-0.39, 0.29) is 11.5 Å². The number of nitrogens with one attached hydrogen (secondary N) is 1. The number of carbonyl (C=O) groups is 2. The first kappa shape index (κ1) is 15.2. The third kappa shape index (κ3) is 3.87. The van der Waals surface area contributed by atoms with E-state index >= 15 is 0 Å². The molecule has 1 amide bonds. The average molecular weight is 291 g/mol. The summed E-state index contributed by atoms with van der Waals surface area (Å²) < 4.78 is 0. The van der Waals surface area contributed by atoms with Gasteiger partial charge >= 0.3 is 5.97 Å². The van der Waals surface area contributed by atoms with Gasteiger partial charge in [0, 0.05) is 32.2 Å². The van der Waals surface area contributed by atoms with Crippen LogP contribution in [0.5, 0.6) is 0 Å². The highest BCUT2D eigenvalue weighted by molar-refractivity contribution is 5.95. The van der Waals surface area contributed by atoms with E-state index in [1.165, 1.54) is 13.0 Å². The van der Waals surface area contributed by atoms with Gasteiger partial charge in [0.1, 0.15) is 0 Å². The fourth-order valence-corrected chi connectivity index (χ4v) is 2.67. The third-order valence-corrected chi connectivity index (χ3v) is 3.85. The minimum absolute atomic E-state index is 0.0101. The summed E-state index contributed by atoms with van der Waals surface area (Å²) >= 11 is 0. The van der Waals surface area contributed by atoms with Crippen molar-refractivity contribution in [2.75, 3.05) is 30.3 Å². The van der Waals surface area contributed by atoms with E-state index in [1.807, 2.05) is 0 Å². The van der Waals surface area contributed by atoms with Gasteiger partial charge in [-0.2, -0.15) is 0 Å². The van der Waals surface area contributed by atoms with E-state index in [1.54, 1.807) is 12.1 Å². The maximum Gasteiger partial charge on any atom is 0.337 e. The normalized spacial score (nSPS) is 15.8. The summed E-state index contributed by atoms with van der Waals surface area (Å²) in [4.78, 5) is 24.3. The topological polar surface area (TPSA) is 95.7 Å². The molecule has 2 rings (SSSR count). The Labute approximate surface area is 123 Å². The summed E-state index contributed by atoms with van der Waals surface area (Å²) in [6.07, 6.45) is 1.87. The first-order chi connectivity index (χ1) is 9.97. The molecule has 0 unspecified atom stereocenters. The molecule has 4 N–H and O–H groups in total. The molecule has 6 heteroatoms. The summed E-state index contributed by atoms with van der Waals surface area (Å²) in [5.41, 5.74) is 7.08. The summed E-state index contributed by atoms with van der Waals surface area (Å²) in [5.74, 6) is -0.519. The fraction of sp³-hybridized carbons (Fsp3) is 0.467. The van der Waals surface area contributed by atoms with Crippen molar-refractivity contribution in [3.8, 4) is 0 Å². The van der Waals surface area contributed by atoms with Crippen LogP contribution in [0.4, 0.5) is 11.4 Å². The zero-order valence-corrected chi connectivity index (χ0v) is 12.1. The fourth-order valence-electron chi connectivity index (χ4n) is 2.67. The Morgan fingerprint density at radius 3 is 2.62 bits per heavy atom. The highest BCUT2D eigenvalue weighted by atomic mass is 16.4. The molecule has 0 aliphatic carbocycles. The zero-order chi connectivity index (χ0) is 15.4. The van der Waals surface area contributed by atoms with Gasteiger partial charge in [-0.3, -0.25) is 4.79 Å². The number of amides is 1. The van der Waals surface area contributed by atoms with Crippen LogP contribution in [0, 0.1) is 5.92 Å². The Hall–Kier alpha value is -2.24. The van der Waals surface area contributed by atoms with Gasteiger partial charge < -0.3 is 21.1 Å². The van der Waals surface area contributed by atoms with Gasteiger partial charge in [-0.15, -0.1) is 0 Å². The van der Waals surface area contributed by atoms with Gasteiger partial charge in [0.05, 0.1) is 11.3 Å². The van der Waals surface area contributed by atoms with Crippen molar-refractivity contribution in [3.63, 3.8) is 0 Å². The number of carbonyl (C=O) groups excluding carboxylic acids is 1. The molecule has 0 saturated carbocycles. The number of nitrogens with zero attached hydrogens (tertiary/aromatic N) is 1. The van der Waals surface area contributed by atoms with Gasteiger partial charge in [0.25, 0.3) is 0 Å². The largest absolute Gasteiger partial charge is 0.478 e. The summed E-state index contributed by atoms with van der Waals surface area (Å²) in [7, 11) is 0. The number of anilines is 2.